The normalized spacial score (nSPS) is 8.67. The molecule has 0 saturated carbocycles. The van der Waals surface area contributed by atoms with Crippen LogP contribution in [0.15, 0.2) is 0 Å². The molecule has 0 atom stereocenters. The topological polar surface area (TPSA) is 88.4 Å². The maximum absolute atomic E-state index is 10.2. The van der Waals surface area contributed by atoms with Gasteiger partial charge in [-0.05, 0) is 0 Å². The van der Waals surface area contributed by atoms with Crippen LogP contribution in [0.5, 0.6) is 0 Å². The molecule has 0 heterocycles. The Hall–Kier alpha value is -0.850. The van der Waals surface area contributed by atoms with Gasteiger partial charge in [-0.3, -0.25) is 10.9 Å². The lowest BCUT2D eigenvalue weighted by atomic mass is 11.1. The minimum Gasteiger partial charge on any atom is -0.368 e. The third-order valence-corrected chi connectivity index (χ3v) is 0.550. The SMILES string of the molecule is COCNNC(=O)NN. The highest BCUT2D eigenvalue weighted by Gasteiger charge is 1.90. The molecule has 0 bridgehead atoms. The van der Waals surface area contributed by atoms with Crippen molar-refractivity contribution in [2.45, 2.75) is 0 Å². The molecular weight excluding hydrogens is 124 g/mol. The Labute approximate surface area is 52.7 Å². The van der Waals surface area contributed by atoms with Gasteiger partial charge in [-0.15, -0.1) is 0 Å². The monoisotopic (exact) mass is 134 g/mol. The van der Waals surface area contributed by atoms with E-state index in [0.29, 0.717) is 0 Å². The standard InChI is InChI=1S/C3H10N4O2/c1-9-2-5-7-3(8)6-4/h5H,2,4H2,1H3,(H2,6,7,8). The first-order valence-electron chi connectivity index (χ1n) is 2.29. The van der Waals surface area contributed by atoms with E-state index in [4.69, 9.17) is 5.84 Å². The Morgan fingerprint density at radius 1 is 1.78 bits per heavy atom. The maximum atomic E-state index is 10.2. The first-order chi connectivity index (χ1) is 4.31. The van der Waals surface area contributed by atoms with Crippen molar-refractivity contribution in [3.63, 3.8) is 0 Å². The molecule has 0 fully saturated rings. The number of ether oxygens (including phenoxy) is 1. The summed E-state index contributed by atoms with van der Waals surface area (Å²) in [5, 5.41) is 0. The lowest BCUT2D eigenvalue weighted by Crippen LogP contribution is -2.47. The molecule has 0 rings (SSSR count). The van der Waals surface area contributed by atoms with Crippen molar-refractivity contribution < 1.29 is 9.53 Å². The van der Waals surface area contributed by atoms with E-state index >= 15 is 0 Å². The number of hydrogen-bond donors (Lipinski definition) is 4. The van der Waals surface area contributed by atoms with Gasteiger partial charge in [0.1, 0.15) is 6.73 Å². The zero-order valence-electron chi connectivity index (χ0n) is 5.10. The van der Waals surface area contributed by atoms with Gasteiger partial charge in [0, 0.05) is 7.11 Å². The van der Waals surface area contributed by atoms with Crippen LogP contribution < -0.4 is 22.1 Å². The molecule has 54 valence electrons. The molecule has 6 nitrogen and oxygen atoms in total. The molecule has 5 N–H and O–H groups in total. The Balaban J connectivity index is 2.97. The van der Waals surface area contributed by atoms with Crippen LogP contribution in [0.4, 0.5) is 4.79 Å². The average molecular weight is 134 g/mol. The molecule has 0 aromatic rings. The minimum atomic E-state index is -0.507. The summed E-state index contributed by atoms with van der Waals surface area (Å²) in [4.78, 5) is 10.2. The van der Waals surface area contributed by atoms with Crippen molar-refractivity contribution in [2.75, 3.05) is 13.8 Å². The molecule has 0 aromatic carbocycles. The third-order valence-electron chi connectivity index (χ3n) is 0.550. The summed E-state index contributed by atoms with van der Waals surface area (Å²) in [6.45, 7) is 0.243. The number of amides is 2. The fourth-order valence-corrected chi connectivity index (χ4v) is 0.225. The first kappa shape index (κ1) is 8.15. The fraction of sp³-hybridized carbons (Fsp3) is 0.667. The molecule has 0 aliphatic heterocycles. The van der Waals surface area contributed by atoms with Crippen LogP contribution in [0.2, 0.25) is 0 Å². The van der Waals surface area contributed by atoms with Crippen molar-refractivity contribution in [3.05, 3.63) is 0 Å². The number of carbonyl (C=O) groups is 1. The van der Waals surface area contributed by atoms with Gasteiger partial charge in [0.25, 0.3) is 0 Å². The minimum absolute atomic E-state index is 0.243. The van der Waals surface area contributed by atoms with Crippen molar-refractivity contribution in [3.8, 4) is 0 Å². The van der Waals surface area contributed by atoms with Crippen molar-refractivity contribution >= 4 is 6.03 Å². The van der Waals surface area contributed by atoms with Gasteiger partial charge >= 0.3 is 6.03 Å². The summed E-state index contributed by atoms with van der Waals surface area (Å²) in [7, 11) is 1.50. The Morgan fingerprint density at radius 2 is 2.44 bits per heavy atom. The number of hydrazine groups is 2. The Kier molecular flexibility index (Phi) is 4.79. The van der Waals surface area contributed by atoms with E-state index in [-0.39, 0.29) is 6.73 Å². The lowest BCUT2D eigenvalue weighted by molar-refractivity contribution is 0.160. The number of urea groups is 1. The Bertz CT molecular complexity index is 85.9. The average Bonchev–Trinajstić information content (AvgIpc) is 1.89. The van der Waals surface area contributed by atoms with Gasteiger partial charge in [-0.1, -0.05) is 0 Å². The number of hydrogen-bond acceptors (Lipinski definition) is 4. The molecule has 0 aliphatic rings. The molecule has 0 unspecified atom stereocenters. The van der Waals surface area contributed by atoms with Crippen LogP contribution in [0, 0.1) is 0 Å². The lowest BCUT2D eigenvalue weighted by Gasteiger charge is -2.03. The Morgan fingerprint density at radius 3 is 2.89 bits per heavy atom. The molecule has 9 heavy (non-hydrogen) atoms. The van der Waals surface area contributed by atoms with Crippen LogP contribution in [-0.2, 0) is 4.74 Å². The second kappa shape index (κ2) is 5.29. The number of nitrogens with one attached hydrogen (secondary N) is 3. The first-order valence-corrected chi connectivity index (χ1v) is 2.29. The van der Waals surface area contributed by atoms with E-state index in [9.17, 15) is 4.79 Å². The fourth-order valence-electron chi connectivity index (χ4n) is 0.225. The van der Waals surface area contributed by atoms with E-state index in [0.717, 1.165) is 0 Å². The molecule has 2 amide bonds. The zero-order valence-corrected chi connectivity index (χ0v) is 5.10. The molecule has 0 aliphatic carbocycles. The number of rotatable bonds is 3. The summed E-state index contributed by atoms with van der Waals surface area (Å²) in [6, 6.07) is -0.507. The summed E-state index contributed by atoms with van der Waals surface area (Å²) in [6.07, 6.45) is 0. The van der Waals surface area contributed by atoms with Crippen LogP contribution >= 0.6 is 0 Å². The van der Waals surface area contributed by atoms with Crippen molar-refractivity contribution in [1.29, 1.82) is 0 Å². The largest absolute Gasteiger partial charge is 0.368 e. The van der Waals surface area contributed by atoms with Crippen LogP contribution in [-0.4, -0.2) is 19.9 Å². The highest BCUT2D eigenvalue weighted by molar-refractivity contribution is 5.72. The molecule has 0 radical (unpaired) electrons. The van der Waals surface area contributed by atoms with Crippen LogP contribution in [0.3, 0.4) is 0 Å². The van der Waals surface area contributed by atoms with E-state index in [1.807, 2.05) is 5.43 Å². The van der Waals surface area contributed by atoms with Gasteiger partial charge in [-0.25, -0.2) is 16.1 Å². The molecule has 0 saturated heterocycles. The van der Waals surface area contributed by atoms with E-state index in [1.54, 1.807) is 0 Å². The highest BCUT2D eigenvalue weighted by Crippen LogP contribution is 1.55. The van der Waals surface area contributed by atoms with Gasteiger partial charge < -0.3 is 4.74 Å². The van der Waals surface area contributed by atoms with Gasteiger partial charge in [0.15, 0.2) is 0 Å². The molecule has 0 spiro atoms. The molecule has 0 aromatic heterocycles. The number of nitrogens with two attached hydrogens (primary N) is 1. The smallest absolute Gasteiger partial charge is 0.343 e. The van der Waals surface area contributed by atoms with Crippen LogP contribution in [0.1, 0.15) is 0 Å². The van der Waals surface area contributed by atoms with Crippen LogP contribution in [0.25, 0.3) is 0 Å². The van der Waals surface area contributed by atoms with Crippen molar-refractivity contribution in [1.82, 2.24) is 16.3 Å². The highest BCUT2D eigenvalue weighted by atomic mass is 16.5. The summed E-state index contributed by atoms with van der Waals surface area (Å²) in [5.74, 6) is 4.71. The van der Waals surface area contributed by atoms with E-state index < -0.39 is 6.03 Å². The van der Waals surface area contributed by atoms with Gasteiger partial charge in [0.2, 0.25) is 0 Å². The summed E-state index contributed by atoms with van der Waals surface area (Å²) < 4.78 is 4.54. The summed E-state index contributed by atoms with van der Waals surface area (Å²) >= 11 is 0. The zero-order chi connectivity index (χ0) is 7.11. The quantitative estimate of drug-likeness (QED) is 0.121. The van der Waals surface area contributed by atoms with E-state index in [1.165, 1.54) is 7.11 Å². The van der Waals surface area contributed by atoms with E-state index in [2.05, 4.69) is 15.6 Å². The number of methoxy groups -OCH3 is 1. The predicted molar refractivity (Wildman–Crippen MR) is 30.9 cm³/mol. The van der Waals surface area contributed by atoms with Crippen molar-refractivity contribution in [2.24, 2.45) is 5.84 Å². The second-order valence-electron chi connectivity index (χ2n) is 1.21. The third kappa shape index (κ3) is 5.01. The predicted octanol–water partition coefficient (Wildman–Crippen LogP) is -1.73. The molecular formula is C3H10N4O2. The molecule has 6 heteroatoms. The summed E-state index contributed by atoms with van der Waals surface area (Å²) in [5.41, 5.74) is 6.46. The second-order valence-corrected chi connectivity index (χ2v) is 1.21. The van der Waals surface area contributed by atoms with Gasteiger partial charge in [0.05, 0.1) is 0 Å². The number of carbonyl (C=O) groups excluding carboxylic acids is 1. The maximum Gasteiger partial charge on any atom is 0.343 e. The van der Waals surface area contributed by atoms with Gasteiger partial charge in [-0.2, -0.15) is 0 Å².